The Morgan fingerprint density at radius 1 is 1.22 bits per heavy atom. The van der Waals surface area contributed by atoms with Crippen LogP contribution in [0.2, 0.25) is 0 Å². The quantitative estimate of drug-likeness (QED) is 0.480. The summed E-state index contributed by atoms with van der Waals surface area (Å²) in [6, 6.07) is 7.61. The maximum absolute atomic E-state index is 13.2. The summed E-state index contributed by atoms with van der Waals surface area (Å²) in [4.78, 5) is 28.7. The van der Waals surface area contributed by atoms with Crippen molar-refractivity contribution in [2.45, 2.75) is 12.5 Å². The lowest BCUT2D eigenvalue weighted by Crippen LogP contribution is -2.32. The van der Waals surface area contributed by atoms with Crippen LogP contribution in [0, 0.1) is 5.82 Å². The van der Waals surface area contributed by atoms with E-state index in [-0.39, 0.29) is 16.9 Å². The van der Waals surface area contributed by atoms with E-state index in [1.165, 1.54) is 35.4 Å². The number of nitrogens with zero attached hydrogens (tertiary/aromatic N) is 2. The third-order valence-corrected chi connectivity index (χ3v) is 4.47. The summed E-state index contributed by atoms with van der Waals surface area (Å²) >= 11 is 0. The van der Waals surface area contributed by atoms with Crippen LogP contribution in [0.4, 0.5) is 4.39 Å². The van der Waals surface area contributed by atoms with Gasteiger partial charge in [-0.05, 0) is 63.5 Å². The van der Waals surface area contributed by atoms with Gasteiger partial charge in [-0.25, -0.2) is 4.39 Å². The minimum absolute atomic E-state index is 0.0496. The summed E-state index contributed by atoms with van der Waals surface area (Å²) in [5, 5.41) is 10.7. The SMILES string of the molecule is CN(C)CCCN1C(=O)C(=O)C(=C(O)c2ccc(F)cc2)[C@H]1c1ccco1. The third-order valence-electron chi connectivity index (χ3n) is 4.47. The number of Topliss-reactive ketones (excluding diaryl/α,β-unsaturated/α-hetero) is 1. The van der Waals surface area contributed by atoms with Crippen molar-refractivity contribution in [3.63, 3.8) is 0 Å². The largest absolute Gasteiger partial charge is 0.507 e. The number of hydrogen-bond acceptors (Lipinski definition) is 5. The smallest absolute Gasteiger partial charge is 0.295 e. The summed E-state index contributed by atoms with van der Waals surface area (Å²) in [6.45, 7) is 1.08. The van der Waals surface area contributed by atoms with Crippen molar-refractivity contribution in [2.75, 3.05) is 27.2 Å². The molecule has 7 heteroatoms. The van der Waals surface area contributed by atoms with Crippen molar-refractivity contribution >= 4 is 17.4 Å². The Balaban J connectivity index is 2.03. The number of aliphatic hydroxyl groups is 1. The minimum Gasteiger partial charge on any atom is -0.507 e. The van der Waals surface area contributed by atoms with Crippen LogP contribution < -0.4 is 0 Å². The molecule has 2 heterocycles. The lowest BCUT2D eigenvalue weighted by molar-refractivity contribution is -0.140. The second-order valence-electron chi connectivity index (χ2n) is 6.67. The molecule has 1 fully saturated rings. The summed E-state index contributed by atoms with van der Waals surface area (Å²) in [5.41, 5.74) is 0.214. The fourth-order valence-electron chi connectivity index (χ4n) is 3.17. The number of carbonyl (C=O) groups is 2. The zero-order chi connectivity index (χ0) is 19.6. The van der Waals surface area contributed by atoms with Crippen LogP contribution in [0.5, 0.6) is 0 Å². The topological polar surface area (TPSA) is 74.0 Å². The first-order valence-corrected chi connectivity index (χ1v) is 8.62. The van der Waals surface area contributed by atoms with E-state index in [0.717, 1.165) is 6.54 Å². The van der Waals surface area contributed by atoms with Gasteiger partial charge in [0.1, 0.15) is 23.4 Å². The maximum atomic E-state index is 13.2. The van der Waals surface area contributed by atoms with Gasteiger partial charge in [0, 0.05) is 12.1 Å². The highest BCUT2D eigenvalue weighted by molar-refractivity contribution is 6.46. The van der Waals surface area contributed by atoms with Gasteiger partial charge in [0.2, 0.25) is 0 Å². The predicted molar refractivity (Wildman–Crippen MR) is 97.3 cm³/mol. The van der Waals surface area contributed by atoms with E-state index in [4.69, 9.17) is 4.42 Å². The molecule has 0 radical (unpaired) electrons. The lowest BCUT2D eigenvalue weighted by atomic mass is 9.99. The predicted octanol–water partition coefficient (Wildman–Crippen LogP) is 2.79. The molecule has 0 unspecified atom stereocenters. The van der Waals surface area contributed by atoms with Crippen molar-refractivity contribution in [3.05, 3.63) is 65.4 Å². The van der Waals surface area contributed by atoms with Crippen LogP contribution in [0.15, 0.2) is 52.7 Å². The van der Waals surface area contributed by atoms with E-state index >= 15 is 0 Å². The highest BCUT2D eigenvalue weighted by Gasteiger charge is 2.47. The molecule has 2 aromatic rings. The lowest BCUT2D eigenvalue weighted by Gasteiger charge is -2.23. The second-order valence-corrected chi connectivity index (χ2v) is 6.67. The molecule has 3 rings (SSSR count). The molecule has 1 aromatic heterocycles. The highest BCUT2D eigenvalue weighted by atomic mass is 19.1. The molecular weight excluding hydrogens is 351 g/mol. The normalized spacial score (nSPS) is 19.3. The van der Waals surface area contributed by atoms with Crippen LogP contribution in [0.3, 0.4) is 0 Å². The van der Waals surface area contributed by atoms with Crippen LogP contribution in [0.1, 0.15) is 23.8 Å². The number of ketones is 1. The third kappa shape index (κ3) is 3.78. The van der Waals surface area contributed by atoms with Gasteiger partial charge >= 0.3 is 0 Å². The highest BCUT2D eigenvalue weighted by Crippen LogP contribution is 2.39. The van der Waals surface area contributed by atoms with Gasteiger partial charge in [0.25, 0.3) is 11.7 Å². The van der Waals surface area contributed by atoms with Crippen molar-refractivity contribution in [2.24, 2.45) is 0 Å². The van der Waals surface area contributed by atoms with Gasteiger partial charge in [-0.15, -0.1) is 0 Å². The molecule has 1 N–H and O–H groups in total. The monoisotopic (exact) mass is 372 g/mol. The molecule has 1 aliphatic heterocycles. The number of benzene rings is 1. The first kappa shape index (κ1) is 18.8. The number of hydrogen-bond donors (Lipinski definition) is 1. The molecule has 1 amide bonds. The zero-order valence-corrected chi connectivity index (χ0v) is 15.2. The molecule has 0 saturated carbocycles. The summed E-state index contributed by atoms with van der Waals surface area (Å²) in [6.07, 6.45) is 2.11. The van der Waals surface area contributed by atoms with E-state index in [9.17, 15) is 19.1 Å². The molecule has 1 aliphatic rings. The number of aliphatic hydroxyl groups excluding tert-OH is 1. The first-order chi connectivity index (χ1) is 12.9. The number of halogens is 1. The Bertz CT molecular complexity index is 857. The summed E-state index contributed by atoms with van der Waals surface area (Å²) in [7, 11) is 3.85. The van der Waals surface area contributed by atoms with Crippen LogP contribution >= 0.6 is 0 Å². The number of likely N-dealkylation sites (tertiary alicyclic amines) is 1. The van der Waals surface area contributed by atoms with E-state index in [1.807, 2.05) is 19.0 Å². The average molecular weight is 372 g/mol. The molecule has 0 bridgehead atoms. The molecule has 0 spiro atoms. The zero-order valence-electron chi connectivity index (χ0n) is 15.2. The minimum atomic E-state index is -0.813. The maximum Gasteiger partial charge on any atom is 0.295 e. The van der Waals surface area contributed by atoms with Crippen molar-refractivity contribution in [1.29, 1.82) is 0 Å². The molecule has 27 heavy (non-hydrogen) atoms. The van der Waals surface area contributed by atoms with Gasteiger partial charge in [-0.1, -0.05) is 0 Å². The van der Waals surface area contributed by atoms with Crippen LogP contribution in [0.25, 0.3) is 5.76 Å². The molecule has 0 aliphatic carbocycles. The van der Waals surface area contributed by atoms with Gasteiger partial charge in [0.05, 0.1) is 11.8 Å². The average Bonchev–Trinajstić information content (AvgIpc) is 3.24. The van der Waals surface area contributed by atoms with Gasteiger partial charge in [0.15, 0.2) is 0 Å². The number of amides is 1. The Morgan fingerprint density at radius 3 is 2.52 bits per heavy atom. The molecular formula is C20H21FN2O4. The Labute approximate surface area is 156 Å². The van der Waals surface area contributed by atoms with E-state index in [2.05, 4.69) is 0 Å². The van der Waals surface area contributed by atoms with Crippen LogP contribution in [-0.4, -0.2) is 53.8 Å². The number of carbonyl (C=O) groups excluding carboxylic acids is 2. The Morgan fingerprint density at radius 2 is 1.93 bits per heavy atom. The summed E-state index contributed by atoms with van der Waals surface area (Å²) in [5.74, 6) is -1.87. The second kappa shape index (κ2) is 7.75. The Hall–Kier alpha value is -2.93. The Kier molecular flexibility index (Phi) is 5.41. The fourth-order valence-corrected chi connectivity index (χ4v) is 3.17. The van der Waals surface area contributed by atoms with Gasteiger partial charge in [-0.3, -0.25) is 9.59 Å². The molecule has 6 nitrogen and oxygen atoms in total. The molecule has 142 valence electrons. The van der Waals surface area contributed by atoms with Crippen molar-refractivity contribution in [3.8, 4) is 0 Å². The van der Waals surface area contributed by atoms with Crippen LogP contribution in [-0.2, 0) is 9.59 Å². The van der Waals surface area contributed by atoms with Gasteiger partial charge < -0.3 is 19.3 Å². The number of rotatable bonds is 6. The van der Waals surface area contributed by atoms with E-state index < -0.39 is 23.5 Å². The number of furan rings is 1. The molecule has 1 atom stereocenters. The van der Waals surface area contributed by atoms with E-state index in [0.29, 0.717) is 18.7 Å². The van der Waals surface area contributed by atoms with Crippen molar-refractivity contribution < 1.29 is 23.5 Å². The first-order valence-electron chi connectivity index (χ1n) is 8.62. The van der Waals surface area contributed by atoms with Crippen molar-refractivity contribution in [1.82, 2.24) is 9.80 Å². The summed E-state index contributed by atoms with van der Waals surface area (Å²) < 4.78 is 18.6. The fraction of sp³-hybridized carbons (Fsp3) is 0.300. The van der Waals surface area contributed by atoms with E-state index in [1.54, 1.807) is 12.1 Å². The molecule has 1 saturated heterocycles. The van der Waals surface area contributed by atoms with Gasteiger partial charge in [-0.2, -0.15) is 0 Å². The molecule has 1 aromatic carbocycles. The standard InChI is InChI=1S/C20H21FN2O4/c1-22(2)10-4-11-23-17(15-5-3-12-27-15)16(19(25)20(23)26)18(24)13-6-8-14(21)9-7-13/h3,5-9,12,17,24H,4,10-11H2,1-2H3/t17-/m1/s1.